The van der Waals surface area contributed by atoms with Crippen LogP contribution in [0, 0.1) is 17.2 Å². The Morgan fingerprint density at radius 2 is 2.04 bits per heavy atom. The molecule has 7 nitrogen and oxygen atoms in total. The van der Waals surface area contributed by atoms with Crippen LogP contribution in [-0.2, 0) is 17.6 Å². The van der Waals surface area contributed by atoms with Crippen molar-refractivity contribution >= 4 is 11.7 Å². The highest BCUT2D eigenvalue weighted by molar-refractivity contribution is 5.78. The fourth-order valence-corrected chi connectivity index (χ4v) is 3.16. The van der Waals surface area contributed by atoms with Gasteiger partial charge >= 0.3 is 0 Å². The number of rotatable bonds is 5. The van der Waals surface area contributed by atoms with Gasteiger partial charge in [0.1, 0.15) is 17.7 Å². The van der Waals surface area contributed by atoms with Gasteiger partial charge in [-0.25, -0.2) is 0 Å². The Morgan fingerprint density at radius 1 is 1.39 bits per heavy atom. The second kappa shape index (κ2) is 7.38. The topological polar surface area (TPSA) is 116 Å². The second-order valence-corrected chi connectivity index (χ2v) is 5.81. The third kappa shape index (κ3) is 3.42. The van der Waals surface area contributed by atoms with E-state index in [1.54, 1.807) is 0 Å². The number of amides is 1. The van der Waals surface area contributed by atoms with E-state index in [9.17, 15) is 15.2 Å². The van der Waals surface area contributed by atoms with E-state index in [0.717, 1.165) is 24.1 Å². The molecule has 1 saturated heterocycles. The zero-order chi connectivity index (χ0) is 17.0. The fraction of sp³-hybridized carbons (Fsp3) is 0.625. The van der Waals surface area contributed by atoms with Crippen LogP contribution in [0.15, 0.2) is 0 Å². The third-order valence-corrected chi connectivity index (χ3v) is 4.52. The van der Waals surface area contributed by atoms with Gasteiger partial charge in [0.15, 0.2) is 5.82 Å². The molecule has 124 valence electrons. The van der Waals surface area contributed by atoms with E-state index in [2.05, 4.69) is 16.3 Å². The van der Waals surface area contributed by atoms with Gasteiger partial charge < -0.3 is 15.7 Å². The van der Waals surface area contributed by atoms with Crippen LogP contribution in [0.4, 0.5) is 5.82 Å². The minimum Gasteiger partial charge on any atom is -0.383 e. The molecule has 0 spiro atoms. The molecular formula is C16H23N5O2. The number of nitriles is 1. The molecule has 2 heterocycles. The number of carbonyl (C=O) groups is 1. The van der Waals surface area contributed by atoms with Crippen LogP contribution < -0.4 is 10.6 Å². The first-order valence-electron chi connectivity index (χ1n) is 8.04. The maximum absolute atomic E-state index is 11.1. The molecular weight excluding hydrogens is 294 g/mol. The quantitative estimate of drug-likeness (QED) is 0.818. The molecule has 23 heavy (non-hydrogen) atoms. The smallest absolute Gasteiger partial charge is 0.246 e. The van der Waals surface area contributed by atoms with Crippen LogP contribution in [0.25, 0.3) is 0 Å². The summed E-state index contributed by atoms with van der Waals surface area (Å²) in [7, 11) is 0. The van der Waals surface area contributed by atoms with Crippen molar-refractivity contribution < 1.29 is 9.90 Å². The highest BCUT2D eigenvalue weighted by Gasteiger charge is 2.30. The van der Waals surface area contributed by atoms with Crippen molar-refractivity contribution in [2.75, 3.05) is 18.0 Å². The summed E-state index contributed by atoms with van der Waals surface area (Å²) in [5, 5.41) is 27.9. The van der Waals surface area contributed by atoms with Gasteiger partial charge in [-0.15, -0.1) is 5.10 Å². The molecule has 1 atom stereocenters. The Labute approximate surface area is 136 Å². The lowest BCUT2D eigenvalue weighted by molar-refractivity contribution is -0.129. The van der Waals surface area contributed by atoms with E-state index >= 15 is 0 Å². The minimum absolute atomic E-state index is 0.136. The predicted octanol–water partition coefficient (Wildman–Crippen LogP) is 0.536. The Balaban J connectivity index is 2.21. The molecule has 0 saturated carbocycles. The molecule has 0 radical (unpaired) electrons. The molecule has 1 fully saturated rings. The van der Waals surface area contributed by atoms with Crippen molar-refractivity contribution in [3.63, 3.8) is 0 Å². The Morgan fingerprint density at radius 3 is 2.52 bits per heavy atom. The normalized spacial score (nSPS) is 16.9. The molecule has 1 aromatic heterocycles. The van der Waals surface area contributed by atoms with E-state index in [1.807, 2.05) is 18.7 Å². The van der Waals surface area contributed by atoms with E-state index in [-0.39, 0.29) is 5.92 Å². The predicted molar refractivity (Wildman–Crippen MR) is 85.6 cm³/mol. The van der Waals surface area contributed by atoms with Gasteiger partial charge in [0, 0.05) is 13.1 Å². The average molecular weight is 317 g/mol. The van der Waals surface area contributed by atoms with E-state index < -0.39 is 12.0 Å². The molecule has 3 N–H and O–H groups in total. The van der Waals surface area contributed by atoms with Crippen LogP contribution >= 0.6 is 0 Å². The molecule has 1 aliphatic heterocycles. The summed E-state index contributed by atoms with van der Waals surface area (Å²) in [4.78, 5) is 13.1. The van der Waals surface area contributed by atoms with Crippen molar-refractivity contribution in [1.82, 2.24) is 10.2 Å². The molecule has 1 aromatic rings. The van der Waals surface area contributed by atoms with Crippen molar-refractivity contribution in [3.8, 4) is 6.07 Å². The van der Waals surface area contributed by atoms with Gasteiger partial charge in [-0.1, -0.05) is 13.8 Å². The van der Waals surface area contributed by atoms with Gasteiger partial charge in [-0.05, 0) is 37.2 Å². The summed E-state index contributed by atoms with van der Waals surface area (Å²) in [6, 6.07) is 2.27. The number of nitrogens with two attached hydrogens (primary N) is 1. The number of anilines is 1. The van der Waals surface area contributed by atoms with Crippen LogP contribution in [0.5, 0.6) is 0 Å². The summed E-state index contributed by atoms with van der Waals surface area (Å²) in [5.74, 6) is -0.210. The first kappa shape index (κ1) is 17.2. The molecule has 0 bridgehead atoms. The zero-order valence-electron chi connectivity index (χ0n) is 13.6. The van der Waals surface area contributed by atoms with Crippen molar-refractivity contribution in [2.45, 2.75) is 45.6 Å². The summed E-state index contributed by atoms with van der Waals surface area (Å²) in [5.41, 5.74) is 7.58. The fourth-order valence-electron chi connectivity index (χ4n) is 3.16. The van der Waals surface area contributed by atoms with Gasteiger partial charge in [0.05, 0.1) is 5.69 Å². The Hall–Kier alpha value is -2.20. The van der Waals surface area contributed by atoms with Crippen molar-refractivity contribution in [2.24, 2.45) is 11.7 Å². The maximum atomic E-state index is 11.1. The number of nitrogens with zero attached hydrogens (tertiary/aromatic N) is 4. The average Bonchev–Trinajstić information content (AvgIpc) is 2.59. The first-order chi connectivity index (χ1) is 11.0. The van der Waals surface area contributed by atoms with Gasteiger partial charge in [0.2, 0.25) is 5.91 Å². The van der Waals surface area contributed by atoms with E-state index in [0.29, 0.717) is 37.3 Å². The van der Waals surface area contributed by atoms with Crippen LogP contribution in [0.2, 0.25) is 0 Å². The molecule has 1 amide bonds. The summed E-state index contributed by atoms with van der Waals surface area (Å²) in [6.07, 6.45) is 1.65. The summed E-state index contributed by atoms with van der Waals surface area (Å²) in [6.45, 7) is 5.25. The number of aliphatic hydroxyl groups is 1. The largest absolute Gasteiger partial charge is 0.383 e. The van der Waals surface area contributed by atoms with E-state index in [4.69, 9.17) is 5.73 Å². The molecule has 0 aliphatic carbocycles. The number of primary amides is 1. The molecule has 7 heteroatoms. The van der Waals surface area contributed by atoms with Crippen molar-refractivity contribution in [3.05, 3.63) is 16.8 Å². The van der Waals surface area contributed by atoms with Crippen LogP contribution in [0.3, 0.4) is 0 Å². The lowest BCUT2D eigenvalue weighted by Crippen LogP contribution is -2.43. The van der Waals surface area contributed by atoms with Crippen LogP contribution in [-0.4, -0.2) is 40.4 Å². The van der Waals surface area contributed by atoms with Crippen molar-refractivity contribution in [1.29, 1.82) is 5.26 Å². The third-order valence-electron chi connectivity index (χ3n) is 4.52. The lowest BCUT2D eigenvalue weighted by atomic mass is 9.90. The second-order valence-electron chi connectivity index (χ2n) is 5.81. The minimum atomic E-state index is -1.10. The Kier molecular flexibility index (Phi) is 5.50. The van der Waals surface area contributed by atoms with Gasteiger partial charge in [0.25, 0.3) is 0 Å². The zero-order valence-corrected chi connectivity index (χ0v) is 13.6. The number of carbonyl (C=O) groups excluding carboxylic acids is 1. The monoisotopic (exact) mass is 317 g/mol. The first-order valence-corrected chi connectivity index (χ1v) is 8.04. The number of hydrogen-bond donors (Lipinski definition) is 2. The summed E-state index contributed by atoms with van der Waals surface area (Å²) < 4.78 is 0. The molecule has 0 unspecified atom stereocenters. The number of aromatic nitrogens is 2. The Bertz CT molecular complexity index is 618. The number of aliphatic hydroxyl groups excluding tert-OH is 1. The van der Waals surface area contributed by atoms with Gasteiger partial charge in [-0.3, -0.25) is 4.79 Å². The number of aryl methyl sites for hydroxylation is 1. The van der Waals surface area contributed by atoms with Crippen LogP contribution in [0.1, 0.15) is 43.5 Å². The number of hydrogen-bond acceptors (Lipinski definition) is 6. The highest BCUT2D eigenvalue weighted by Crippen LogP contribution is 2.28. The lowest BCUT2D eigenvalue weighted by Gasteiger charge is -2.34. The molecule has 1 aliphatic rings. The number of piperidine rings is 1. The van der Waals surface area contributed by atoms with E-state index in [1.165, 1.54) is 0 Å². The molecule has 0 aromatic carbocycles. The molecule has 2 rings (SSSR count). The maximum Gasteiger partial charge on any atom is 0.246 e. The van der Waals surface area contributed by atoms with Gasteiger partial charge in [-0.2, -0.15) is 10.4 Å². The standard InChI is InChI=1S/C16H23N5O2/c1-3-11-12(9-17)16(20-19-13(11)4-2)21-7-5-10(6-8-21)14(22)15(18)23/h10,14,22H,3-8H2,1-2H3,(H2,18,23)/t14-/m1/s1. The summed E-state index contributed by atoms with van der Waals surface area (Å²) >= 11 is 0. The highest BCUT2D eigenvalue weighted by atomic mass is 16.3. The SMILES string of the molecule is CCc1nnc(N2CCC([C@@H](O)C(N)=O)CC2)c(C#N)c1CC.